The third-order valence-electron chi connectivity index (χ3n) is 3.21. The first-order valence-corrected chi connectivity index (χ1v) is 8.20. The van der Waals surface area contributed by atoms with E-state index in [9.17, 15) is 4.79 Å². The van der Waals surface area contributed by atoms with Gasteiger partial charge in [0.05, 0.1) is 0 Å². The first-order chi connectivity index (χ1) is 11.3. The molecule has 3 aromatic rings. The second-order valence-electron chi connectivity index (χ2n) is 6.32. The number of nitrogens with zero attached hydrogens (tertiary/aromatic N) is 2. The average molecular weight is 389 g/mol. The van der Waals surface area contributed by atoms with Gasteiger partial charge >= 0.3 is 6.09 Å². The molecule has 0 saturated carbocycles. The monoisotopic (exact) mass is 388 g/mol. The second-order valence-corrected chi connectivity index (χ2v) is 7.17. The fourth-order valence-corrected chi connectivity index (χ4v) is 2.59. The van der Waals surface area contributed by atoms with E-state index in [4.69, 9.17) is 4.74 Å². The van der Waals surface area contributed by atoms with Crippen molar-refractivity contribution in [3.8, 4) is 11.1 Å². The lowest BCUT2D eigenvalue weighted by Crippen LogP contribution is -2.27. The first-order valence-electron chi connectivity index (χ1n) is 7.41. The largest absolute Gasteiger partial charge is 0.444 e. The fraction of sp³-hybridized carbons (Fsp3) is 0.235. The lowest BCUT2D eigenvalue weighted by molar-refractivity contribution is 0.0635. The lowest BCUT2D eigenvalue weighted by Gasteiger charge is -2.19. The Morgan fingerprint density at radius 1 is 1.21 bits per heavy atom. The van der Waals surface area contributed by atoms with E-state index in [1.165, 1.54) is 0 Å². The number of nitrogens with one attached hydrogen (secondary N) is 2. The number of fused-ring (bicyclic) bond motifs is 1. The van der Waals surface area contributed by atoms with Crippen LogP contribution in [-0.4, -0.2) is 26.6 Å². The van der Waals surface area contributed by atoms with Crippen LogP contribution >= 0.6 is 15.9 Å². The topological polar surface area (TPSA) is 79.9 Å². The van der Waals surface area contributed by atoms with Crippen LogP contribution in [0.1, 0.15) is 20.8 Å². The van der Waals surface area contributed by atoms with Gasteiger partial charge in [-0.3, -0.25) is 5.32 Å². The molecule has 0 saturated heterocycles. The highest BCUT2D eigenvalue weighted by Crippen LogP contribution is 2.27. The molecule has 0 aromatic carbocycles. The average Bonchev–Trinajstić information content (AvgIpc) is 2.87. The summed E-state index contributed by atoms with van der Waals surface area (Å²) in [5.41, 5.74) is 2.13. The number of rotatable bonds is 2. The zero-order chi connectivity index (χ0) is 17.3. The van der Waals surface area contributed by atoms with Gasteiger partial charge in [0.1, 0.15) is 17.1 Å². The number of amides is 1. The van der Waals surface area contributed by atoms with Crippen LogP contribution < -0.4 is 5.32 Å². The van der Waals surface area contributed by atoms with E-state index in [2.05, 4.69) is 36.2 Å². The third-order valence-corrected chi connectivity index (χ3v) is 3.86. The maximum atomic E-state index is 11.7. The number of aromatic amines is 1. The Hall–Kier alpha value is -2.41. The molecule has 0 radical (unpaired) electrons. The fourth-order valence-electron chi connectivity index (χ4n) is 2.18. The highest BCUT2D eigenvalue weighted by atomic mass is 79.9. The Balaban J connectivity index is 1.78. The molecular formula is C17H17BrN4O2. The molecule has 24 heavy (non-hydrogen) atoms. The minimum Gasteiger partial charge on any atom is -0.444 e. The van der Waals surface area contributed by atoms with E-state index in [0.717, 1.165) is 26.6 Å². The number of anilines is 1. The summed E-state index contributed by atoms with van der Waals surface area (Å²) in [6.07, 6.45) is 4.80. The summed E-state index contributed by atoms with van der Waals surface area (Å²) in [5, 5.41) is 3.61. The molecule has 0 spiro atoms. The number of pyridine rings is 2. The van der Waals surface area contributed by atoms with Gasteiger partial charge in [-0.25, -0.2) is 14.8 Å². The molecule has 0 fully saturated rings. The third kappa shape index (κ3) is 3.73. The molecule has 0 aliphatic carbocycles. The second kappa shape index (κ2) is 6.24. The van der Waals surface area contributed by atoms with Crippen molar-refractivity contribution in [2.24, 2.45) is 0 Å². The number of H-pyrrole nitrogens is 1. The van der Waals surface area contributed by atoms with Crippen LogP contribution in [0.2, 0.25) is 0 Å². The predicted octanol–water partition coefficient (Wildman–Crippen LogP) is 4.73. The Labute approximate surface area is 147 Å². The van der Waals surface area contributed by atoms with Crippen LogP contribution in [0, 0.1) is 0 Å². The van der Waals surface area contributed by atoms with Crippen LogP contribution in [-0.2, 0) is 4.74 Å². The predicted molar refractivity (Wildman–Crippen MR) is 96.9 cm³/mol. The number of hydrogen-bond donors (Lipinski definition) is 2. The molecule has 2 N–H and O–H groups in total. The zero-order valence-corrected chi connectivity index (χ0v) is 15.1. The maximum Gasteiger partial charge on any atom is 0.413 e. The molecule has 3 rings (SSSR count). The maximum absolute atomic E-state index is 11.7. The van der Waals surface area contributed by atoms with E-state index in [-0.39, 0.29) is 0 Å². The minimum absolute atomic E-state index is 0.435. The first kappa shape index (κ1) is 16.4. The highest BCUT2D eigenvalue weighted by Gasteiger charge is 2.16. The summed E-state index contributed by atoms with van der Waals surface area (Å²) in [6, 6.07) is 5.64. The molecule has 3 aromatic heterocycles. The molecule has 7 heteroatoms. The Morgan fingerprint density at radius 2 is 1.96 bits per heavy atom. The van der Waals surface area contributed by atoms with Crippen molar-refractivity contribution < 1.29 is 9.53 Å². The van der Waals surface area contributed by atoms with Crippen molar-refractivity contribution in [1.82, 2.24) is 15.0 Å². The van der Waals surface area contributed by atoms with Crippen LogP contribution in [0.3, 0.4) is 0 Å². The molecule has 0 unspecified atom stereocenters. The molecule has 0 aliphatic rings. The van der Waals surface area contributed by atoms with Gasteiger partial charge in [-0.2, -0.15) is 0 Å². The smallest absolute Gasteiger partial charge is 0.413 e. The summed E-state index contributed by atoms with van der Waals surface area (Å²) in [7, 11) is 0. The van der Waals surface area contributed by atoms with E-state index in [0.29, 0.717) is 5.82 Å². The van der Waals surface area contributed by atoms with Gasteiger partial charge in [-0.15, -0.1) is 0 Å². The van der Waals surface area contributed by atoms with Crippen molar-refractivity contribution in [2.75, 3.05) is 5.32 Å². The SMILES string of the molecule is CC(C)(C)OC(=O)Nc1ccc(-c2cnc3[nH]cc(Br)c3c2)cn1. The molecule has 124 valence electrons. The number of halogens is 1. The molecule has 0 bridgehead atoms. The van der Waals surface area contributed by atoms with Crippen LogP contribution in [0.4, 0.5) is 10.6 Å². The zero-order valence-electron chi connectivity index (χ0n) is 13.6. The molecule has 1 amide bonds. The molecule has 6 nitrogen and oxygen atoms in total. The summed E-state index contributed by atoms with van der Waals surface area (Å²) >= 11 is 3.49. The molecular weight excluding hydrogens is 372 g/mol. The number of carbonyl (C=O) groups is 1. The summed E-state index contributed by atoms with van der Waals surface area (Å²) in [5.74, 6) is 0.435. The minimum atomic E-state index is -0.547. The van der Waals surface area contributed by atoms with Gasteiger partial charge < -0.3 is 9.72 Å². The number of aromatic nitrogens is 3. The molecule has 3 heterocycles. The van der Waals surface area contributed by atoms with Crippen LogP contribution in [0.25, 0.3) is 22.2 Å². The van der Waals surface area contributed by atoms with Crippen molar-refractivity contribution in [2.45, 2.75) is 26.4 Å². The lowest BCUT2D eigenvalue weighted by atomic mass is 10.1. The van der Waals surface area contributed by atoms with Gasteiger partial charge in [0.15, 0.2) is 0 Å². The highest BCUT2D eigenvalue weighted by molar-refractivity contribution is 9.10. The standard InChI is InChI=1S/C17H17BrN4O2/c1-17(2,3)24-16(23)22-14-5-4-10(7-19-14)11-6-12-13(18)9-21-15(12)20-8-11/h4-9H,1-3H3,(H,20,21)(H,19,22,23). The van der Waals surface area contributed by atoms with Gasteiger partial charge in [0, 0.05) is 39.6 Å². The number of carbonyl (C=O) groups excluding carboxylic acids is 1. The van der Waals surface area contributed by atoms with Crippen molar-refractivity contribution in [3.05, 3.63) is 41.3 Å². The van der Waals surface area contributed by atoms with E-state index < -0.39 is 11.7 Å². The van der Waals surface area contributed by atoms with E-state index in [1.54, 1.807) is 18.5 Å². The van der Waals surface area contributed by atoms with Crippen LogP contribution in [0.15, 0.2) is 41.3 Å². The van der Waals surface area contributed by atoms with Crippen molar-refractivity contribution in [1.29, 1.82) is 0 Å². The van der Waals surface area contributed by atoms with Crippen molar-refractivity contribution in [3.63, 3.8) is 0 Å². The Bertz CT molecular complexity index is 882. The van der Waals surface area contributed by atoms with Gasteiger partial charge in [-0.1, -0.05) is 0 Å². The van der Waals surface area contributed by atoms with Gasteiger partial charge in [-0.05, 0) is 54.9 Å². The number of ether oxygens (including phenoxy) is 1. The molecule has 0 atom stereocenters. The normalized spacial score (nSPS) is 11.5. The summed E-state index contributed by atoms with van der Waals surface area (Å²) in [6.45, 7) is 5.43. The van der Waals surface area contributed by atoms with Gasteiger partial charge in [0.2, 0.25) is 0 Å². The molecule has 0 aliphatic heterocycles. The van der Waals surface area contributed by atoms with E-state index >= 15 is 0 Å². The summed E-state index contributed by atoms with van der Waals surface area (Å²) < 4.78 is 6.16. The summed E-state index contributed by atoms with van der Waals surface area (Å²) in [4.78, 5) is 23.5. The van der Waals surface area contributed by atoms with Gasteiger partial charge in [0.25, 0.3) is 0 Å². The van der Waals surface area contributed by atoms with Crippen molar-refractivity contribution >= 4 is 38.9 Å². The Kier molecular flexibility index (Phi) is 4.28. The van der Waals surface area contributed by atoms with Crippen LogP contribution in [0.5, 0.6) is 0 Å². The Morgan fingerprint density at radius 3 is 2.62 bits per heavy atom. The quantitative estimate of drug-likeness (QED) is 0.664. The van der Waals surface area contributed by atoms with E-state index in [1.807, 2.05) is 39.1 Å². The number of hydrogen-bond acceptors (Lipinski definition) is 4.